The highest BCUT2D eigenvalue weighted by molar-refractivity contribution is 6.07. The molecule has 0 spiro atoms. The van der Waals surface area contributed by atoms with E-state index in [1.807, 2.05) is 30.3 Å². The van der Waals surface area contributed by atoms with Crippen molar-refractivity contribution >= 4 is 11.9 Å². The first-order chi connectivity index (χ1) is 13.5. The van der Waals surface area contributed by atoms with Gasteiger partial charge < -0.3 is 10.1 Å². The first-order valence-corrected chi connectivity index (χ1v) is 9.99. The maximum Gasteiger partial charge on any atom is 0.325 e. The fourth-order valence-electron chi connectivity index (χ4n) is 4.09. The Balaban J connectivity index is 1.44. The summed E-state index contributed by atoms with van der Waals surface area (Å²) in [6, 6.07) is 13.7. The van der Waals surface area contributed by atoms with E-state index in [-0.39, 0.29) is 25.1 Å². The number of aryl methyl sites for hydroxylation is 3. The Labute approximate surface area is 165 Å². The van der Waals surface area contributed by atoms with Crippen molar-refractivity contribution in [2.75, 3.05) is 13.2 Å². The summed E-state index contributed by atoms with van der Waals surface area (Å²) in [6.07, 6.45) is 4.22. The molecule has 0 bridgehead atoms. The number of nitrogens with zero attached hydrogens (tertiary/aromatic N) is 1. The van der Waals surface area contributed by atoms with Crippen LogP contribution >= 0.6 is 0 Å². The molecule has 1 aliphatic heterocycles. The van der Waals surface area contributed by atoms with Gasteiger partial charge in [-0.2, -0.15) is 0 Å². The molecule has 1 N–H and O–H groups in total. The van der Waals surface area contributed by atoms with Crippen molar-refractivity contribution in [3.05, 3.63) is 64.7 Å². The molecule has 0 aromatic heterocycles. The van der Waals surface area contributed by atoms with Crippen molar-refractivity contribution < 1.29 is 14.3 Å². The van der Waals surface area contributed by atoms with Gasteiger partial charge in [0.2, 0.25) is 0 Å². The number of amides is 3. The zero-order valence-electron chi connectivity index (χ0n) is 16.5. The minimum atomic E-state index is -1.02. The number of benzene rings is 2. The monoisotopic (exact) mass is 378 g/mol. The molecule has 1 atom stereocenters. The summed E-state index contributed by atoms with van der Waals surface area (Å²) in [5, 5.41) is 2.89. The van der Waals surface area contributed by atoms with Gasteiger partial charge in [-0.1, -0.05) is 37.3 Å². The Bertz CT molecular complexity index is 924. The lowest BCUT2D eigenvalue weighted by molar-refractivity contribution is -0.131. The highest BCUT2D eigenvalue weighted by Crippen LogP contribution is 2.32. The zero-order valence-corrected chi connectivity index (χ0v) is 16.5. The largest absolute Gasteiger partial charge is 0.492 e. The van der Waals surface area contributed by atoms with Gasteiger partial charge in [-0.3, -0.25) is 9.69 Å². The summed E-state index contributed by atoms with van der Waals surface area (Å²) in [7, 11) is 0. The molecule has 2 aromatic carbocycles. The molecule has 1 unspecified atom stereocenters. The summed E-state index contributed by atoms with van der Waals surface area (Å²) < 4.78 is 5.77. The van der Waals surface area contributed by atoms with Crippen molar-refractivity contribution in [2.45, 2.75) is 45.1 Å². The van der Waals surface area contributed by atoms with E-state index in [4.69, 9.17) is 4.74 Å². The number of nitrogens with one attached hydrogen (secondary N) is 1. The van der Waals surface area contributed by atoms with E-state index in [1.165, 1.54) is 21.6 Å². The Morgan fingerprint density at radius 2 is 1.93 bits per heavy atom. The molecular weight excluding hydrogens is 352 g/mol. The van der Waals surface area contributed by atoms with E-state index in [9.17, 15) is 9.59 Å². The Morgan fingerprint density at radius 1 is 1.11 bits per heavy atom. The van der Waals surface area contributed by atoms with Crippen LogP contribution in [0.5, 0.6) is 5.75 Å². The number of fused-ring (bicyclic) bond motifs is 1. The Morgan fingerprint density at radius 3 is 2.75 bits per heavy atom. The van der Waals surface area contributed by atoms with Crippen molar-refractivity contribution in [1.29, 1.82) is 0 Å². The summed E-state index contributed by atoms with van der Waals surface area (Å²) in [5.41, 5.74) is 3.67. The van der Waals surface area contributed by atoms with Gasteiger partial charge in [0.1, 0.15) is 17.9 Å². The molecule has 28 heavy (non-hydrogen) atoms. The summed E-state index contributed by atoms with van der Waals surface area (Å²) >= 11 is 0. The number of urea groups is 1. The van der Waals surface area contributed by atoms with Gasteiger partial charge in [0, 0.05) is 0 Å². The number of imide groups is 1. The van der Waals surface area contributed by atoms with Gasteiger partial charge in [-0.25, -0.2) is 4.79 Å². The van der Waals surface area contributed by atoms with Gasteiger partial charge in [0.15, 0.2) is 0 Å². The van der Waals surface area contributed by atoms with Gasteiger partial charge in [0.25, 0.3) is 5.91 Å². The lowest BCUT2D eigenvalue weighted by Crippen LogP contribution is -2.41. The van der Waals surface area contributed by atoms with E-state index >= 15 is 0 Å². The number of carbonyl (C=O) groups is 2. The van der Waals surface area contributed by atoms with Crippen LogP contribution in [0.4, 0.5) is 4.79 Å². The number of rotatable bonds is 6. The maximum atomic E-state index is 13.1. The first kappa shape index (κ1) is 18.5. The standard InChI is InChI=1S/C23H26N2O3/c1-3-16-6-4-9-20(14-16)28-13-12-25-21(26)23(2,24-22(25)27)19-11-10-17-7-5-8-18(17)15-19/h4,6,9-11,14-15H,3,5,7-8,12-13H2,1-2H3,(H,24,27). The van der Waals surface area contributed by atoms with Crippen LogP contribution < -0.4 is 10.1 Å². The SMILES string of the molecule is CCc1cccc(OCCN2C(=O)NC(C)(c3ccc4c(c3)CCC4)C2=O)c1. The summed E-state index contributed by atoms with van der Waals surface area (Å²) in [4.78, 5) is 26.8. The number of ether oxygens (including phenoxy) is 1. The third kappa shape index (κ3) is 3.26. The lowest BCUT2D eigenvalue weighted by atomic mass is 9.90. The number of hydrogen-bond acceptors (Lipinski definition) is 3. The first-order valence-electron chi connectivity index (χ1n) is 9.99. The molecular formula is C23H26N2O3. The van der Waals surface area contributed by atoms with Gasteiger partial charge in [-0.15, -0.1) is 0 Å². The fourth-order valence-corrected chi connectivity index (χ4v) is 4.09. The van der Waals surface area contributed by atoms with Crippen LogP contribution in [0, 0.1) is 0 Å². The third-order valence-electron chi connectivity index (χ3n) is 5.84. The molecule has 5 heteroatoms. The summed E-state index contributed by atoms with van der Waals surface area (Å²) in [5.74, 6) is 0.536. The van der Waals surface area contributed by atoms with Crippen LogP contribution in [0.25, 0.3) is 0 Å². The van der Waals surface area contributed by atoms with Gasteiger partial charge in [0.05, 0.1) is 6.54 Å². The van der Waals surface area contributed by atoms with Crippen LogP contribution in [-0.2, 0) is 29.6 Å². The molecule has 3 amide bonds. The number of carbonyl (C=O) groups excluding carboxylic acids is 2. The van der Waals surface area contributed by atoms with Crippen molar-refractivity contribution in [2.24, 2.45) is 0 Å². The van der Waals surface area contributed by atoms with Crippen LogP contribution in [0.1, 0.15) is 42.5 Å². The molecule has 4 rings (SSSR count). The molecule has 1 fully saturated rings. The van der Waals surface area contributed by atoms with Crippen molar-refractivity contribution in [1.82, 2.24) is 10.2 Å². The van der Waals surface area contributed by atoms with Crippen molar-refractivity contribution in [3.63, 3.8) is 0 Å². The van der Waals surface area contributed by atoms with E-state index < -0.39 is 5.54 Å². The Kier molecular flexibility index (Phi) is 4.84. The number of hydrogen-bond donors (Lipinski definition) is 1. The molecule has 5 nitrogen and oxygen atoms in total. The van der Waals surface area contributed by atoms with Crippen LogP contribution in [0.3, 0.4) is 0 Å². The average Bonchev–Trinajstić information content (AvgIpc) is 3.26. The molecule has 1 saturated heterocycles. The van der Waals surface area contributed by atoms with E-state index in [0.29, 0.717) is 0 Å². The van der Waals surface area contributed by atoms with E-state index in [2.05, 4.69) is 24.4 Å². The highest BCUT2D eigenvalue weighted by atomic mass is 16.5. The lowest BCUT2D eigenvalue weighted by Gasteiger charge is -2.23. The van der Waals surface area contributed by atoms with Gasteiger partial charge >= 0.3 is 6.03 Å². The normalized spacial score (nSPS) is 21.0. The fraction of sp³-hybridized carbons (Fsp3) is 0.391. The quantitative estimate of drug-likeness (QED) is 0.782. The second-order valence-corrected chi connectivity index (χ2v) is 7.70. The predicted molar refractivity (Wildman–Crippen MR) is 107 cm³/mol. The van der Waals surface area contributed by atoms with Crippen LogP contribution in [-0.4, -0.2) is 30.0 Å². The smallest absolute Gasteiger partial charge is 0.325 e. The second kappa shape index (κ2) is 7.30. The maximum absolute atomic E-state index is 13.1. The molecule has 2 aliphatic rings. The Hall–Kier alpha value is -2.82. The van der Waals surface area contributed by atoms with E-state index in [1.54, 1.807) is 6.92 Å². The van der Waals surface area contributed by atoms with Crippen LogP contribution in [0.2, 0.25) is 0 Å². The second-order valence-electron chi connectivity index (χ2n) is 7.70. The zero-order chi connectivity index (χ0) is 19.7. The minimum absolute atomic E-state index is 0.221. The van der Waals surface area contributed by atoms with Crippen LogP contribution in [0.15, 0.2) is 42.5 Å². The molecule has 1 heterocycles. The third-order valence-corrected chi connectivity index (χ3v) is 5.84. The summed E-state index contributed by atoms with van der Waals surface area (Å²) in [6.45, 7) is 4.37. The topological polar surface area (TPSA) is 58.6 Å². The van der Waals surface area contributed by atoms with Gasteiger partial charge in [-0.05, 0) is 67.0 Å². The highest BCUT2D eigenvalue weighted by Gasteiger charge is 2.49. The molecule has 0 saturated carbocycles. The minimum Gasteiger partial charge on any atom is -0.492 e. The molecule has 146 valence electrons. The molecule has 0 radical (unpaired) electrons. The average molecular weight is 378 g/mol. The predicted octanol–water partition coefficient (Wildman–Crippen LogP) is 3.58. The molecule has 2 aromatic rings. The van der Waals surface area contributed by atoms with E-state index in [0.717, 1.165) is 37.0 Å². The van der Waals surface area contributed by atoms with Crippen molar-refractivity contribution in [3.8, 4) is 5.75 Å². The molecule has 1 aliphatic carbocycles.